The Labute approximate surface area is 187 Å². The molecule has 0 spiro atoms. The fourth-order valence-electron chi connectivity index (χ4n) is 3.08. The molecule has 6 heteroatoms. The molecule has 6 nitrogen and oxygen atoms in total. The van der Waals surface area contributed by atoms with Gasteiger partial charge in [0.15, 0.2) is 0 Å². The predicted octanol–water partition coefficient (Wildman–Crippen LogP) is 4.42. The maximum atomic E-state index is 12.5. The van der Waals surface area contributed by atoms with Crippen molar-refractivity contribution in [3.63, 3.8) is 0 Å². The van der Waals surface area contributed by atoms with Crippen molar-refractivity contribution >= 4 is 23.5 Å². The number of esters is 1. The lowest BCUT2D eigenvalue weighted by molar-refractivity contribution is -0.131. The van der Waals surface area contributed by atoms with Gasteiger partial charge in [-0.05, 0) is 54.8 Å². The molecule has 3 aromatic carbocycles. The highest BCUT2D eigenvalue weighted by molar-refractivity contribution is 6.04. The van der Waals surface area contributed by atoms with E-state index in [0.29, 0.717) is 36.4 Å². The number of carbonyl (C=O) groups excluding carboxylic acids is 3. The van der Waals surface area contributed by atoms with Crippen molar-refractivity contribution < 1.29 is 19.1 Å². The third-order valence-electron chi connectivity index (χ3n) is 4.82. The Hall–Kier alpha value is -3.93. The minimum absolute atomic E-state index is 0.00406. The van der Waals surface area contributed by atoms with Gasteiger partial charge in [0.25, 0.3) is 5.91 Å². The number of carbonyl (C=O) groups is 3. The van der Waals surface area contributed by atoms with Crippen LogP contribution in [0.5, 0.6) is 5.75 Å². The fraction of sp³-hybridized carbons (Fsp3) is 0.192. The molecule has 0 aliphatic carbocycles. The summed E-state index contributed by atoms with van der Waals surface area (Å²) in [6.45, 7) is 3.77. The van der Waals surface area contributed by atoms with Crippen LogP contribution >= 0.6 is 0 Å². The number of nitrogens with one attached hydrogen (secondary N) is 2. The van der Waals surface area contributed by atoms with E-state index >= 15 is 0 Å². The molecule has 3 aromatic rings. The summed E-state index contributed by atoms with van der Waals surface area (Å²) in [6, 6.07) is 21.9. The molecule has 0 aliphatic heterocycles. The molecule has 0 atom stereocenters. The number of amides is 2. The molecule has 0 heterocycles. The second kappa shape index (κ2) is 10.9. The van der Waals surface area contributed by atoms with Crippen LogP contribution in [0.4, 0.5) is 5.69 Å². The van der Waals surface area contributed by atoms with Crippen LogP contribution in [0.25, 0.3) is 0 Å². The van der Waals surface area contributed by atoms with E-state index in [-0.39, 0.29) is 11.8 Å². The quantitative estimate of drug-likeness (QED) is 0.409. The first-order valence-corrected chi connectivity index (χ1v) is 10.4. The number of anilines is 1. The maximum absolute atomic E-state index is 12.5. The van der Waals surface area contributed by atoms with Crippen LogP contribution in [0.15, 0.2) is 72.8 Å². The molecule has 0 radical (unpaired) electrons. The van der Waals surface area contributed by atoms with Gasteiger partial charge in [-0.3, -0.25) is 14.4 Å². The summed E-state index contributed by atoms with van der Waals surface area (Å²) in [5, 5.41) is 5.73. The van der Waals surface area contributed by atoms with Gasteiger partial charge in [-0.25, -0.2) is 0 Å². The lowest BCUT2D eigenvalue weighted by Gasteiger charge is -2.09. The third-order valence-corrected chi connectivity index (χ3v) is 4.82. The van der Waals surface area contributed by atoms with Crippen LogP contribution < -0.4 is 15.4 Å². The fourth-order valence-corrected chi connectivity index (χ4v) is 3.08. The molecule has 2 N–H and O–H groups in total. The van der Waals surface area contributed by atoms with E-state index in [9.17, 15) is 14.4 Å². The highest BCUT2D eigenvalue weighted by atomic mass is 16.5. The largest absolute Gasteiger partial charge is 0.427 e. The SMILES string of the molecule is CC(=O)Oc1cccc(C(=O)Nc2ccc(CNC(=O)CCc3ccc(C)cc3)cc2)c1. The van der Waals surface area contributed by atoms with Crippen molar-refractivity contribution in [2.45, 2.75) is 33.2 Å². The second-order valence-corrected chi connectivity index (χ2v) is 7.53. The molecule has 0 aromatic heterocycles. The zero-order valence-corrected chi connectivity index (χ0v) is 18.2. The summed E-state index contributed by atoms with van der Waals surface area (Å²) < 4.78 is 5.01. The van der Waals surface area contributed by atoms with Crippen molar-refractivity contribution in [2.24, 2.45) is 0 Å². The highest BCUT2D eigenvalue weighted by Crippen LogP contribution is 2.16. The van der Waals surface area contributed by atoms with Crippen LogP contribution in [-0.4, -0.2) is 17.8 Å². The Morgan fingerprint density at radius 1 is 0.875 bits per heavy atom. The molecule has 0 bridgehead atoms. The van der Waals surface area contributed by atoms with Crippen molar-refractivity contribution in [1.29, 1.82) is 0 Å². The van der Waals surface area contributed by atoms with Gasteiger partial charge in [0.1, 0.15) is 5.75 Å². The van der Waals surface area contributed by atoms with E-state index in [4.69, 9.17) is 4.74 Å². The summed E-state index contributed by atoms with van der Waals surface area (Å²) in [5.74, 6) is -0.439. The Morgan fingerprint density at radius 2 is 1.56 bits per heavy atom. The normalized spacial score (nSPS) is 10.3. The van der Waals surface area contributed by atoms with Crippen LogP contribution in [0.3, 0.4) is 0 Å². The van der Waals surface area contributed by atoms with Gasteiger partial charge < -0.3 is 15.4 Å². The molecule has 0 saturated carbocycles. The Kier molecular flexibility index (Phi) is 7.75. The first-order chi connectivity index (χ1) is 15.4. The topological polar surface area (TPSA) is 84.5 Å². The summed E-state index contributed by atoms with van der Waals surface area (Å²) in [4.78, 5) is 35.6. The molecule has 0 saturated heterocycles. The summed E-state index contributed by atoms with van der Waals surface area (Å²) in [7, 11) is 0. The van der Waals surface area contributed by atoms with Crippen molar-refractivity contribution in [1.82, 2.24) is 5.32 Å². The highest BCUT2D eigenvalue weighted by Gasteiger charge is 2.09. The number of hydrogen-bond donors (Lipinski definition) is 2. The van der Waals surface area contributed by atoms with Gasteiger partial charge in [-0.15, -0.1) is 0 Å². The van der Waals surface area contributed by atoms with E-state index in [1.807, 2.05) is 43.3 Å². The van der Waals surface area contributed by atoms with Crippen molar-refractivity contribution in [2.75, 3.05) is 5.32 Å². The monoisotopic (exact) mass is 430 g/mol. The minimum Gasteiger partial charge on any atom is -0.427 e. The average Bonchev–Trinajstić information content (AvgIpc) is 2.78. The van der Waals surface area contributed by atoms with Crippen molar-refractivity contribution in [3.05, 3.63) is 95.1 Å². The van der Waals surface area contributed by atoms with E-state index in [2.05, 4.69) is 10.6 Å². The van der Waals surface area contributed by atoms with Gasteiger partial charge in [0.05, 0.1) is 0 Å². The maximum Gasteiger partial charge on any atom is 0.308 e. The van der Waals surface area contributed by atoms with Crippen LogP contribution in [0, 0.1) is 6.92 Å². The predicted molar refractivity (Wildman–Crippen MR) is 123 cm³/mol. The van der Waals surface area contributed by atoms with E-state index in [1.165, 1.54) is 18.6 Å². The van der Waals surface area contributed by atoms with Gasteiger partial charge >= 0.3 is 5.97 Å². The number of ether oxygens (including phenoxy) is 1. The number of aryl methyl sites for hydroxylation is 2. The molecular formula is C26H26N2O4. The average molecular weight is 431 g/mol. The lowest BCUT2D eigenvalue weighted by Crippen LogP contribution is -2.23. The molecule has 0 aliphatic rings. The van der Waals surface area contributed by atoms with Gasteiger partial charge in [0, 0.05) is 31.1 Å². The molecule has 0 fully saturated rings. The van der Waals surface area contributed by atoms with Crippen LogP contribution in [-0.2, 0) is 22.6 Å². The Morgan fingerprint density at radius 3 is 2.25 bits per heavy atom. The smallest absolute Gasteiger partial charge is 0.308 e. The first-order valence-electron chi connectivity index (χ1n) is 10.4. The molecule has 0 unspecified atom stereocenters. The third kappa shape index (κ3) is 7.09. The molecular weight excluding hydrogens is 404 g/mol. The van der Waals surface area contributed by atoms with Crippen LogP contribution in [0.2, 0.25) is 0 Å². The van der Waals surface area contributed by atoms with Gasteiger partial charge in [-0.2, -0.15) is 0 Å². The van der Waals surface area contributed by atoms with Gasteiger partial charge in [-0.1, -0.05) is 48.0 Å². The van der Waals surface area contributed by atoms with Gasteiger partial charge in [0.2, 0.25) is 5.91 Å². The summed E-state index contributed by atoms with van der Waals surface area (Å²) in [5.41, 5.74) is 4.29. The minimum atomic E-state index is -0.444. The summed E-state index contributed by atoms with van der Waals surface area (Å²) >= 11 is 0. The molecule has 164 valence electrons. The summed E-state index contributed by atoms with van der Waals surface area (Å²) in [6.07, 6.45) is 1.14. The zero-order valence-electron chi connectivity index (χ0n) is 18.2. The molecule has 32 heavy (non-hydrogen) atoms. The molecule has 3 rings (SSSR count). The lowest BCUT2D eigenvalue weighted by atomic mass is 10.1. The Bertz CT molecular complexity index is 1090. The van der Waals surface area contributed by atoms with E-state index < -0.39 is 5.97 Å². The van der Waals surface area contributed by atoms with Crippen molar-refractivity contribution in [3.8, 4) is 5.75 Å². The standard InChI is InChI=1S/C26H26N2O4/c1-18-6-8-20(9-7-18)12-15-25(30)27-17-21-10-13-23(14-11-21)28-26(31)22-4-3-5-24(16-22)32-19(2)29/h3-11,13-14,16H,12,15,17H2,1-2H3,(H,27,30)(H,28,31). The second-order valence-electron chi connectivity index (χ2n) is 7.53. The van der Waals surface area contributed by atoms with E-state index in [1.54, 1.807) is 30.3 Å². The zero-order chi connectivity index (χ0) is 22.9. The first kappa shape index (κ1) is 22.7. The van der Waals surface area contributed by atoms with Crippen LogP contribution in [0.1, 0.15) is 40.4 Å². The number of benzene rings is 3. The van der Waals surface area contributed by atoms with E-state index in [0.717, 1.165) is 11.1 Å². The number of rotatable bonds is 8. The number of hydrogen-bond acceptors (Lipinski definition) is 4. The Balaban J connectivity index is 1.47. The molecule has 2 amide bonds.